The van der Waals surface area contributed by atoms with Crippen molar-refractivity contribution in [2.75, 3.05) is 0 Å². The molecule has 1 heterocycles. The van der Waals surface area contributed by atoms with E-state index in [4.69, 9.17) is 0 Å². The van der Waals surface area contributed by atoms with E-state index in [1.165, 1.54) is 0 Å². The molecule has 0 bridgehead atoms. The fraction of sp³-hybridized carbons (Fsp3) is 0.200. The molecule has 1 aliphatic heterocycles. The number of imide groups is 1. The first-order valence-electron chi connectivity index (χ1n) is 4.44. The molecule has 0 aliphatic carbocycles. The number of amides is 3. The van der Waals surface area contributed by atoms with E-state index in [9.17, 15) is 9.59 Å². The Morgan fingerprint density at radius 2 is 1.87 bits per heavy atom. The maximum Gasteiger partial charge on any atom is 0.335 e. The molecule has 0 saturated carbocycles. The molecule has 1 aromatic carbocycles. The Balaban J connectivity index is 2.45. The van der Waals surface area contributed by atoms with Gasteiger partial charge in [-0.1, -0.05) is 30.3 Å². The SMILES string of the molecule is C[C@]1(c2ccccc2)NC(=O)N(Br)C1=O. The summed E-state index contributed by atoms with van der Waals surface area (Å²) in [5.74, 6) is -0.307. The second-order valence-electron chi connectivity index (χ2n) is 3.51. The summed E-state index contributed by atoms with van der Waals surface area (Å²) in [4.78, 5) is 23.2. The van der Waals surface area contributed by atoms with Crippen molar-refractivity contribution in [1.29, 1.82) is 0 Å². The van der Waals surface area contributed by atoms with Crippen LogP contribution >= 0.6 is 16.1 Å². The van der Waals surface area contributed by atoms with Crippen LogP contribution in [0.4, 0.5) is 4.79 Å². The third kappa shape index (κ3) is 1.43. The summed E-state index contributed by atoms with van der Waals surface area (Å²) in [6.45, 7) is 1.68. The lowest BCUT2D eigenvalue weighted by Gasteiger charge is -2.20. The maximum absolute atomic E-state index is 11.8. The van der Waals surface area contributed by atoms with Crippen LogP contribution in [0.5, 0.6) is 0 Å². The number of carbonyl (C=O) groups is 2. The Hall–Kier alpha value is -1.36. The third-order valence-corrected chi connectivity index (χ3v) is 3.14. The highest BCUT2D eigenvalue weighted by Gasteiger charge is 2.48. The van der Waals surface area contributed by atoms with Gasteiger partial charge in [-0.05, 0) is 12.5 Å². The van der Waals surface area contributed by atoms with Crippen LogP contribution in [0.25, 0.3) is 0 Å². The summed E-state index contributed by atoms with van der Waals surface area (Å²) >= 11 is 2.91. The fourth-order valence-electron chi connectivity index (χ4n) is 1.57. The van der Waals surface area contributed by atoms with Crippen LogP contribution in [-0.4, -0.2) is 15.9 Å². The number of nitrogens with one attached hydrogen (secondary N) is 1. The Bertz CT molecular complexity index is 421. The Morgan fingerprint density at radius 3 is 2.33 bits per heavy atom. The number of nitrogens with zero attached hydrogens (tertiary/aromatic N) is 1. The highest BCUT2D eigenvalue weighted by atomic mass is 79.9. The van der Waals surface area contributed by atoms with Crippen LogP contribution in [0, 0.1) is 0 Å². The van der Waals surface area contributed by atoms with Crippen molar-refractivity contribution in [3.8, 4) is 0 Å². The fourth-order valence-corrected chi connectivity index (χ4v) is 2.02. The van der Waals surface area contributed by atoms with E-state index in [0.717, 1.165) is 9.49 Å². The van der Waals surface area contributed by atoms with Crippen LogP contribution in [0.3, 0.4) is 0 Å². The maximum atomic E-state index is 11.8. The van der Waals surface area contributed by atoms with Gasteiger partial charge in [0.2, 0.25) is 0 Å². The normalized spacial score (nSPS) is 25.6. The number of hydrogen-bond donors (Lipinski definition) is 1. The highest BCUT2D eigenvalue weighted by Crippen LogP contribution is 2.29. The van der Waals surface area contributed by atoms with Crippen molar-refractivity contribution in [1.82, 2.24) is 9.24 Å². The van der Waals surface area contributed by atoms with E-state index in [2.05, 4.69) is 21.5 Å². The van der Waals surface area contributed by atoms with Crippen molar-refractivity contribution in [3.05, 3.63) is 35.9 Å². The van der Waals surface area contributed by atoms with Crippen molar-refractivity contribution in [3.63, 3.8) is 0 Å². The minimum Gasteiger partial charge on any atom is -0.319 e. The molecule has 2 rings (SSSR count). The molecule has 1 aromatic rings. The monoisotopic (exact) mass is 268 g/mol. The molecule has 0 radical (unpaired) electrons. The predicted octanol–water partition coefficient (Wildman–Crippen LogP) is 1.76. The average molecular weight is 269 g/mol. The second kappa shape index (κ2) is 3.34. The van der Waals surface area contributed by atoms with Gasteiger partial charge in [-0.25, -0.2) is 4.79 Å². The summed E-state index contributed by atoms with van der Waals surface area (Å²) in [6.07, 6.45) is 0. The molecule has 0 spiro atoms. The minimum absolute atomic E-state index is 0.307. The summed E-state index contributed by atoms with van der Waals surface area (Å²) in [5, 5.41) is 2.64. The summed E-state index contributed by atoms with van der Waals surface area (Å²) in [6, 6.07) is 8.70. The molecule has 0 unspecified atom stereocenters. The summed E-state index contributed by atoms with van der Waals surface area (Å²) in [7, 11) is 0. The van der Waals surface area contributed by atoms with Crippen molar-refractivity contribution in [2.45, 2.75) is 12.5 Å². The molecule has 1 atom stereocenters. The largest absolute Gasteiger partial charge is 0.335 e. The molecule has 4 nitrogen and oxygen atoms in total. The van der Waals surface area contributed by atoms with Gasteiger partial charge in [0.25, 0.3) is 5.91 Å². The molecule has 1 fully saturated rings. The minimum atomic E-state index is -0.970. The lowest BCUT2D eigenvalue weighted by molar-refractivity contribution is -0.127. The van der Waals surface area contributed by atoms with E-state index in [1.807, 2.05) is 30.3 Å². The number of benzene rings is 1. The highest BCUT2D eigenvalue weighted by molar-refractivity contribution is 9.08. The van der Waals surface area contributed by atoms with Crippen LogP contribution in [0.2, 0.25) is 0 Å². The van der Waals surface area contributed by atoms with Gasteiger partial charge in [0.05, 0.1) is 16.1 Å². The first-order valence-corrected chi connectivity index (χ1v) is 5.14. The predicted molar refractivity (Wildman–Crippen MR) is 58.1 cm³/mol. The zero-order valence-electron chi connectivity index (χ0n) is 8.03. The third-order valence-electron chi connectivity index (χ3n) is 2.49. The second-order valence-corrected chi connectivity index (χ2v) is 4.22. The molecule has 15 heavy (non-hydrogen) atoms. The van der Waals surface area contributed by atoms with Gasteiger partial charge in [-0.3, -0.25) is 4.79 Å². The van der Waals surface area contributed by atoms with E-state index >= 15 is 0 Å². The van der Waals surface area contributed by atoms with Crippen molar-refractivity contribution in [2.24, 2.45) is 0 Å². The molecule has 78 valence electrons. The van der Waals surface area contributed by atoms with Gasteiger partial charge >= 0.3 is 6.03 Å². The van der Waals surface area contributed by atoms with E-state index in [-0.39, 0.29) is 5.91 Å². The van der Waals surface area contributed by atoms with Gasteiger partial charge < -0.3 is 5.32 Å². The average Bonchev–Trinajstić information content (AvgIpc) is 2.45. The quantitative estimate of drug-likeness (QED) is 0.624. The topological polar surface area (TPSA) is 49.4 Å². The summed E-state index contributed by atoms with van der Waals surface area (Å²) in [5.41, 5.74) is -0.202. The standard InChI is InChI=1S/C10H9BrN2O2/c1-10(7-5-3-2-4-6-7)8(14)13(11)9(15)12-10/h2-6H,1H3,(H,12,15)/t10-/m1/s1. The van der Waals surface area contributed by atoms with E-state index < -0.39 is 11.6 Å². The molecule has 5 heteroatoms. The van der Waals surface area contributed by atoms with E-state index in [0.29, 0.717) is 0 Å². The van der Waals surface area contributed by atoms with Crippen molar-refractivity contribution < 1.29 is 9.59 Å². The van der Waals surface area contributed by atoms with Crippen molar-refractivity contribution >= 4 is 28.1 Å². The first-order chi connectivity index (χ1) is 7.05. The molecule has 1 N–H and O–H groups in total. The Labute approximate surface area is 95.6 Å². The lowest BCUT2D eigenvalue weighted by Crippen LogP contribution is -2.40. The summed E-state index contributed by atoms with van der Waals surface area (Å²) < 4.78 is 0.917. The van der Waals surface area contributed by atoms with Gasteiger partial charge in [-0.15, -0.1) is 0 Å². The van der Waals surface area contributed by atoms with Crippen LogP contribution < -0.4 is 5.32 Å². The van der Waals surface area contributed by atoms with Gasteiger partial charge in [0, 0.05) is 0 Å². The number of rotatable bonds is 1. The number of carbonyl (C=O) groups excluding carboxylic acids is 2. The zero-order chi connectivity index (χ0) is 11.1. The van der Waals surface area contributed by atoms with Crippen LogP contribution in [0.15, 0.2) is 30.3 Å². The molecule has 1 aliphatic rings. The molecular weight excluding hydrogens is 260 g/mol. The zero-order valence-corrected chi connectivity index (χ0v) is 9.61. The molecule has 3 amide bonds. The smallest absolute Gasteiger partial charge is 0.319 e. The Morgan fingerprint density at radius 1 is 1.27 bits per heavy atom. The molecule has 1 saturated heterocycles. The number of halogens is 1. The Kier molecular flexibility index (Phi) is 2.26. The number of urea groups is 1. The lowest BCUT2D eigenvalue weighted by atomic mass is 9.92. The van der Waals surface area contributed by atoms with Gasteiger partial charge in [-0.2, -0.15) is 3.93 Å². The van der Waals surface area contributed by atoms with Gasteiger partial charge in [0.15, 0.2) is 0 Å². The van der Waals surface area contributed by atoms with Gasteiger partial charge in [0.1, 0.15) is 5.54 Å². The molecule has 0 aromatic heterocycles. The van der Waals surface area contributed by atoms with E-state index in [1.54, 1.807) is 6.92 Å². The first kappa shape index (κ1) is 10.2. The molecular formula is C10H9BrN2O2. The van der Waals surface area contributed by atoms with Crippen LogP contribution in [0.1, 0.15) is 12.5 Å². The van der Waals surface area contributed by atoms with Crippen LogP contribution in [-0.2, 0) is 10.3 Å². The number of hydrogen-bond acceptors (Lipinski definition) is 2.